The highest BCUT2D eigenvalue weighted by atomic mass is 16.5. The van der Waals surface area contributed by atoms with Crippen molar-refractivity contribution in [2.75, 3.05) is 56.5 Å². The number of anilines is 2. The average Bonchev–Trinajstić information content (AvgIpc) is 3.39. The van der Waals surface area contributed by atoms with Gasteiger partial charge in [0.2, 0.25) is 11.8 Å². The lowest BCUT2D eigenvalue weighted by atomic mass is 9.72. The molecule has 5 amide bonds. The number of para-hydroxylation sites is 1. The standard InChI is InChI=1S/C39H46N8O6/c1-45-19-15-39(16-20-45)23-46(24-39)34-32(22-40-25-43-34)53-31-10-6-5-9-28(31)35(49)42-18-8-4-2-3-7-17-41-26-11-12-27-29(21-26)38(52)47(37(27)51)30-13-14-33(48)44-36(30)50/h5-6,9-12,21-22,25,30,41H,2-4,7-8,13-20,23-24H2,1H3,(H,42,49)(H,44,48,50). The molecule has 3 saturated heterocycles. The van der Waals surface area contributed by atoms with E-state index in [1.807, 2.05) is 12.1 Å². The van der Waals surface area contributed by atoms with Gasteiger partial charge in [-0.05, 0) is 82.6 Å². The molecule has 3 fully saturated rings. The topological polar surface area (TPSA) is 166 Å². The van der Waals surface area contributed by atoms with Gasteiger partial charge in [-0.3, -0.25) is 34.2 Å². The number of hydrogen-bond acceptors (Lipinski definition) is 11. The molecule has 1 atom stereocenters. The van der Waals surface area contributed by atoms with E-state index in [0.717, 1.165) is 74.7 Å². The molecule has 0 radical (unpaired) electrons. The number of ether oxygens (including phenoxy) is 1. The second-order valence-electron chi connectivity index (χ2n) is 14.6. The van der Waals surface area contributed by atoms with Crippen LogP contribution in [0.1, 0.15) is 88.9 Å². The monoisotopic (exact) mass is 722 g/mol. The molecule has 7 rings (SSSR count). The van der Waals surface area contributed by atoms with Crippen molar-refractivity contribution in [1.82, 2.24) is 30.4 Å². The number of hydrogen-bond donors (Lipinski definition) is 3. The third-order valence-corrected chi connectivity index (χ3v) is 10.8. The number of fused-ring (bicyclic) bond motifs is 1. The van der Waals surface area contributed by atoms with Crippen LogP contribution in [0.25, 0.3) is 0 Å². The summed E-state index contributed by atoms with van der Waals surface area (Å²) in [5, 5.41) is 8.57. The van der Waals surface area contributed by atoms with Crippen molar-refractivity contribution in [3.8, 4) is 11.5 Å². The maximum Gasteiger partial charge on any atom is 0.262 e. The lowest BCUT2D eigenvalue weighted by Gasteiger charge is -2.54. The molecule has 4 aliphatic rings. The first kappa shape index (κ1) is 36.0. The Bertz CT molecular complexity index is 1880. The van der Waals surface area contributed by atoms with Crippen molar-refractivity contribution in [3.63, 3.8) is 0 Å². The van der Waals surface area contributed by atoms with Crippen molar-refractivity contribution in [2.24, 2.45) is 5.41 Å². The zero-order valence-corrected chi connectivity index (χ0v) is 30.1. The van der Waals surface area contributed by atoms with Gasteiger partial charge in [-0.1, -0.05) is 31.4 Å². The van der Waals surface area contributed by atoms with Crippen LogP contribution in [0.4, 0.5) is 11.5 Å². The number of likely N-dealkylation sites (tertiary alicyclic amines) is 1. The van der Waals surface area contributed by atoms with Crippen molar-refractivity contribution < 1.29 is 28.7 Å². The second-order valence-corrected chi connectivity index (χ2v) is 14.6. The number of carbonyl (C=O) groups is 5. The summed E-state index contributed by atoms with van der Waals surface area (Å²) in [6, 6.07) is 11.3. The predicted octanol–water partition coefficient (Wildman–Crippen LogP) is 3.99. The van der Waals surface area contributed by atoms with Crippen molar-refractivity contribution >= 4 is 41.0 Å². The highest BCUT2D eigenvalue weighted by molar-refractivity contribution is 6.23. The molecule has 3 aromatic rings. The third kappa shape index (κ3) is 7.87. The molecule has 2 aromatic carbocycles. The molecule has 5 heterocycles. The van der Waals surface area contributed by atoms with Crippen LogP contribution >= 0.6 is 0 Å². The minimum Gasteiger partial charge on any atom is -0.451 e. The summed E-state index contributed by atoms with van der Waals surface area (Å²) in [6.07, 6.45) is 10.5. The summed E-state index contributed by atoms with van der Waals surface area (Å²) in [5.41, 5.74) is 2.04. The van der Waals surface area contributed by atoms with E-state index in [1.165, 1.54) is 12.8 Å². The van der Waals surface area contributed by atoms with Crippen LogP contribution < -0.4 is 25.6 Å². The Morgan fingerprint density at radius 3 is 2.45 bits per heavy atom. The zero-order valence-electron chi connectivity index (χ0n) is 30.1. The number of carbonyl (C=O) groups excluding carboxylic acids is 5. The summed E-state index contributed by atoms with van der Waals surface area (Å²) in [4.78, 5) is 77.4. The van der Waals surface area contributed by atoms with Crippen LogP contribution in [0.3, 0.4) is 0 Å². The quantitative estimate of drug-likeness (QED) is 0.163. The van der Waals surface area contributed by atoms with Crippen LogP contribution in [0.5, 0.6) is 11.5 Å². The Balaban J connectivity index is 0.814. The van der Waals surface area contributed by atoms with E-state index in [1.54, 1.807) is 42.9 Å². The van der Waals surface area contributed by atoms with Gasteiger partial charge in [0.25, 0.3) is 17.7 Å². The Morgan fingerprint density at radius 2 is 1.66 bits per heavy atom. The number of amides is 5. The first-order valence-corrected chi connectivity index (χ1v) is 18.6. The maximum atomic E-state index is 13.2. The molecule has 0 aliphatic carbocycles. The van der Waals surface area contributed by atoms with E-state index in [2.05, 4.69) is 42.8 Å². The van der Waals surface area contributed by atoms with E-state index in [0.29, 0.717) is 35.6 Å². The van der Waals surface area contributed by atoms with Crippen LogP contribution in [-0.2, 0) is 9.59 Å². The summed E-state index contributed by atoms with van der Waals surface area (Å²) in [6.45, 7) is 5.37. The van der Waals surface area contributed by atoms with Gasteiger partial charge < -0.3 is 25.2 Å². The Kier molecular flexibility index (Phi) is 10.7. The van der Waals surface area contributed by atoms with Crippen LogP contribution in [-0.4, -0.2) is 102 Å². The number of imide groups is 2. The summed E-state index contributed by atoms with van der Waals surface area (Å²) in [7, 11) is 2.18. The van der Waals surface area contributed by atoms with Gasteiger partial charge in [0.05, 0.1) is 22.9 Å². The first-order valence-electron chi connectivity index (χ1n) is 18.6. The van der Waals surface area contributed by atoms with E-state index < -0.39 is 29.7 Å². The summed E-state index contributed by atoms with van der Waals surface area (Å²) >= 11 is 0. The average molecular weight is 723 g/mol. The Morgan fingerprint density at radius 1 is 0.925 bits per heavy atom. The molecule has 278 valence electrons. The molecule has 14 nitrogen and oxygen atoms in total. The largest absolute Gasteiger partial charge is 0.451 e. The summed E-state index contributed by atoms with van der Waals surface area (Å²) < 4.78 is 6.29. The lowest BCUT2D eigenvalue weighted by Crippen LogP contribution is -2.60. The van der Waals surface area contributed by atoms with Crippen LogP contribution in [0.2, 0.25) is 0 Å². The number of benzene rings is 2. The van der Waals surface area contributed by atoms with Crippen molar-refractivity contribution in [1.29, 1.82) is 0 Å². The second kappa shape index (κ2) is 15.7. The Labute approximate surface area is 308 Å². The molecule has 53 heavy (non-hydrogen) atoms. The first-order chi connectivity index (χ1) is 25.7. The predicted molar refractivity (Wildman–Crippen MR) is 197 cm³/mol. The molecule has 0 bridgehead atoms. The highest BCUT2D eigenvalue weighted by Crippen LogP contribution is 2.44. The molecule has 0 saturated carbocycles. The molecule has 1 spiro atoms. The minimum absolute atomic E-state index is 0.0832. The zero-order chi connectivity index (χ0) is 37.0. The normalized spacial score (nSPS) is 19.5. The fraction of sp³-hybridized carbons (Fsp3) is 0.462. The van der Waals surface area contributed by atoms with Gasteiger partial charge in [0.1, 0.15) is 18.1 Å². The molecular weight excluding hydrogens is 676 g/mol. The molecule has 4 aliphatic heterocycles. The number of piperidine rings is 2. The van der Waals surface area contributed by atoms with Gasteiger partial charge >= 0.3 is 0 Å². The van der Waals surface area contributed by atoms with Gasteiger partial charge in [0.15, 0.2) is 11.6 Å². The van der Waals surface area contributed by atoms with Gasteiger partial charge in [0, 0.05) is 43.7 Å². The SMILES string of the molecule is CN1CCC2(CC1)CN(c1ncncc1Oc1ccccc1C(=O)NCCCCCCCNc1ccc3c(c1)C(=O)N(C1CCC(=O)NC1=O)C3=O)C2. The molecule has 14 heteroatoms. The number of unbranched alkanes of at least 4 members (excludes halogenated alkanes) is 4. The van der Waals surface area contributed by atoms with Gasteiger partial charge in [-0.25, -0.2) is 9.97 Å². The van der Waals surface area contributed by atoms with E-state index >= 15 is 0 Å². The molecular formula is C39H46N8O6. The van der Waals surface area contributed by atoms with Crippen LogP contribution in [0, 0.1) is 5.41 Å². The summed E-state index contributed by atoms with van der Waals surface area (Å²) in [5.74, 6) is -0.480. The molecule has 1 unspecified atom stereocenters. The highest BCUT2D eigenvalue weighted by Gasteiger charge is 2.46. The number of nitrogens with one attached hydrogen (secondary N) is 3. The molecule has 1 aromatic heterocycles. The fourth-order valence-electron chi connectivity index (χ4n) is 7.70. The third-order valence-electron chi connectivity index (χ3n) is 10.8. The van der Waals surface area contributed by atoms with E-state index in [-0.39, 0.29) is 29.9 Å². The molecule has 3 N–H and O–H groups in total. The van der Waals surface area contributed by atoms with Gasteiger partial charge in [-0.15, -0.1) is 0 Å². The minimum atomic E-state index is -0.981. The number of nitrogens with zero attached hydrogens (tertiary/aromatic N) is 5. The van der Waals surface area contributed by atoms with E-state index in [9.17, 15) is 24.0 Å². The van der Waals surface area contributed by atoms with E-state index in [4.69, 9.17) is 4.74 Å². The number of rotatable bonds is 14. The van der Waals surface area contributed by atoms with Crippen molar-refractivity contribution in [2.45, 2.75) is 63.8 Å². The number of aromatic nitrogens is 2. The Hall–Kier alpha value is -5.37. The smallest absolute Gasteiger partial charge is 0.262 e. The van der Waals surface area contributed by atoms with Crippen LogP contribution in [0.15, 0.2) is 55.0 Å². The van der Waals surface area contributed by atoms with Crippen molar-refractivity contribution in [3.05, 3.63) is 71.7 Å². The lowest BCUT2D eigenvalue weighted by molar-refractivity contribution is -0.136. The fourth-order valence-corrected chi connectivity index (χ4v) is 7.70. The maximum absolute atomic E-state index is 13.2. The van der Waals surface area contributed by atoms with Gasteiger partial charge in [-0.2, -0.15) is 0 Å².